The molecular weight excluding hydrogens is 220 g/mol. The molecule has 1 aromatic heterocycles. The largest absolute Gasteiger partial charge is 0.378 e. The second-order valence-corrected chi connectivity index (χ2v) is 4.69. The van der Waals surface area contributed by atoms with Gasteiger partial charge in [0.15, 0.2) is 0 Å². The number of nitrogens with zero attached hydrogens (tertiary/aromatic N) is 1. The van der Waals surface area contributed by atoms with Crippen LogP contribution in [-0.4, -0.2) is 19.1 Å². The molecule has 0 aliphatic rings. The van der Waals surface area contributed by atoms with E-state index in [1.54, 1.807) is 0 Å². The topological polar surface area (TPSA) is 19.0 Å². The molecule has 0 radical (unpaired) electrons. The number of rotatable bonds is 2. The molecule has 0 aliphatic carbocycles. The quantitative estimate of drug-likeness (QED) is 0.715. The summed E-state index contributed by atoms with van der Waals surface area (Å²) in [7, 11) is 4.11. The van der Waals surface area contributed by atoms with E-state index in [1.807, 2.05) is 0 Å². The SMILES string of the molecule is CN(C)c1ccc(-c2c[nH]c3ccccc23)cc1. The minimum Gasteiger partial charge on any atom is -0.378 e. The summed E-state index contributed by atoms with van der Waals surface area (Å²) in [6, 6.07) is 17.0. The van der Waals surface area contributed by atoms with Crippen LogP contribution in [0.1, 0.15) is 0 Å². The smallest absolute Gasteiger partial charge is 0.0460 e. The summed E-state index contributed by atoms with van der Waals surface area (Å²) >= 11 is 0. The summed E-state index contributed by atoms with van der Waals surface area (Å²) in [4.78, 5) is 5.42. The first-order valence-corrected chi connectivity index (χ1v) is 6.09. The lowest BCUT2D eigenvalue weighted by molar-refractivity contribution is 1.13. The molecule has 0 amide bonds. The number of H-pyrrole nitrogens is 1. The van der Waals surface area contributed by atoms with E-state index in [2.05, 4.69) is 78.7 Å². The lowest BCUT2D eigenvalue weighted by Crippen LogP contribution is -2.07. The molecular formula is C16H16N2. The van der Waals surface area contributed by atoms with Gasteiger partial charge < -0.3 is 9.88 Å². The van der Waals surface area contributed by atoms with Crippen molar-refractivity contribution in [1.82, 2.24) is 4.98 Å². The van der Waals surface area contributed by atoms with E-state index in [0.717, 1.165) is 0 Å². The van der Waals surface area contributed by atoms with Crippen LogP contribution >= 0.6 is 0 Å². The number of aromatic amines is 1. The van der Waals surface area contributed by atoms with Crippen molar-refractivity contribution >= 4 is 16.6 Å². The Morgan fingerprint density at radius 3 is 2.33 bits per heavy atom. The van der Waals surface area contributed by atoms with Crippen LogP contribution in [0.3, 0.4) is 0 Å². The van der Waals surface area contributed by atoms with E-state index in [1.165, 1.54) is 27.7 Å². The van der Waals surface area contributed by atoms with Crippen molar-refractivity contribution < 1.29 is 0 Å². The minimum atomic E-state index is 1.18. The van der Waals surface area contributed by atoms with Crippen molar-refractivity contribution in [2.45, 2.75) is 0 Å². The molecule has 0 fully saturated rings. The van der Waals surface area contributed by atoms with Gasteiger partial charge in [-0.15, -0.1) is 0 Å². The average Bonchev–Trinajstić information content (AvgIpc) is 2.82. The van der Waals surface area contributed by atoms with Gasteiger partial charge in [-0.25, -0.2) is 0 Å². The predicted octanol–water partition coefficient (Wildman–Crippen LogP) is 3.90. The van der Waals surface area contributed by atoms with Crippen LogP contribution in [0.2, 0.25) is 0 Å². The van der Waals surface area contributed by atoms with Gasteiger partial charge in [0, 0.05) is 42.4 Å². The Kier molecular flexibility index (Phi) is 2.56. The lowest BCUT2D eigenvalue weighted by Gasteiger charge is -2.12. The van der Waals surface area contributed by atoms with Crippen LogP contribution in [0.5, 0.6) is 0 Å². The van der Waals surface area contributed by atoms with Crippen LogP contribution in [-0.2, 0) is 0 Å². The zero-order valence-electron chi connectivity index (χ0n) is 10.6. The molecule has 1 N–H and O–H groups in total. The van der Waals surface area contributed by atoms with Gasteiger partial charge in [0.2, 0.25) is 0 Å². The zero-order chi connectivity index (χ0) is 12.5. The molecule has 1 heterocycles. The number of anilines is 1. The molecule has 0 aliphatic heterocycles. The molecule has 90 valence electrons. The van der Waals surface area contributed by atoms with Gasteiger partial charge in [-0.05, 0) is 23.8 Å². The second-order valence-electron chi connectivity index (χ2n) is 4.69. The van der Waals surface area contributed by atoms with Crippen LogP contribution in [0.4, 0.5) is 5.69 Å². The number of fused-ring (bicyclic) bond motifs is 1. The fourth-order valence-corrected chi connectivity index (χ4v) is 2.25. The van der Waals surface area contributed by atoms with Gasteiger partial charge in [0.05, 0.1) is 0 Å². The number of nitrogens with one attached hydrogen (secondary N) is 1. The highest BCUT2D eigenvalue weighted by atomic mass is 15.1. The van der Waals surface area contributed by atoms with E-state index in [9.17, 15) is 0 Å². The van der Waals surface area contributed by atoms with Crippen molar-refractivity contribution in [3.8, 4) is 11.1 Å². The Hall–Kier alpha value is -2.22. The summed E-state index contributed by atoms with van der Waals surface area (Å²) in [5, 5.41) is 1.27. The molecule has 2 heteroatoms. The maximum absolute atomic E-state index is 3.31. The fourth-order valence-electron chi connectivity index (χ4n) is 2.25. The third kappa shape index (κ3) is 1.76. The number of benzene rings is 2. The molecule has 0 unspecified atom stereocenters. The normalized spacial score (nSPS) is 10.8. The molecule has 3 rings (SSSR count). The highest BCUT2D eigenvalue weighted by Crippen LogP contribution is 2.29. The first-order valence-electron chi connectivity index (χ1n) is 6.09. The Balaban J connectivity index is 2.09. The maximum Gasteiger partial charge on any atom is 0.0460 e. The zero-order valence-corrected chi connectivity index (χ0v) is 10.6. The van der Waals surface area contributed by atoms with E-state index in [-0.39, 0.29) is 0 Å². The molecule has 0 saturated heterocycles. The van der Waals surface area contributed by atoms with Crippen molar-refractivity contribution in [3.05, 3.63) is 54.7 Å². The molecule has 0 atom stereocenters. The Bertz CT molecular complexity index is 663. The summed E-state index contributed by atoms with van der Waals surface area (Å²) in [6.07, 6.45) is 2.08. The van der Waals surface area contributed by atoms with Crippen molar-refractivity contribution in [3.63, 3.8) is 0 Å². The number of para-hydroxylation sites is 1. The first-order chi connectivity index (χ1) is 8.75. The van der Waals surface area contributed by atoms with Crippen molar-refractivity contribution in [2.24, 2.45) is 0 Å². The molecule has 0 saturated carbocycles. The predicted molar refractivity (Wildman–Crippen MR) is 78.1 cm³/mol. The fraction of sp³-hybridized carbons (Fsp3) is 0.125. The molecule has 2 aromatic carbocycles. The van der Waals surface area contributed by atoms with Crippen LogP contribution in [0, 0.1) is 0 Å². The summed E-state index contributed by atoms with van der Waals surface area (Å²) in [5.74, 6) is 0. The number of hydrogen-bond acceptors (Lipinski definition) is 1. The van der Waals surface area contributed by atoms with Gasteiger partial charge in [-0.3, -0.25) is 0 Å². The molecule has 3 aromatic rings. The number of hydrogen-bond donors (Lipinski definition) is 1. The van der Waals surface area contributed by atoms with Gasteiger partial charge in [-0.2, -0.15) is 0 Å². The van der Waals surface area contributed by atoms with E-state index in [0.29, 0.717) is 0 Å². The molecule has 0 spiro atoms. The Morgan fingerprint density at radius 1 is 0.889 bits per heavy atom. The van der Waals surface area contributed by atoms with Crippen LogP contribution in [0.25, 0.3) is 22.0 Å². The standard InChI is InChI=1S/C16H16N2/c1-18(2)13-9-7-12(8-10-13)15-11-17-16-6-4-3-5-14(15)16/h3-11,17H,1-2H3. The summed E-state index contributed by atoms with van der Waals surface area (Å²) in [5.41, 5.74) is 4.91. The van der Waals surface area contributed by atoms with E-state index >= 15 is 0 Å². The highest BCUT2D eigenvalue weighted by molar-refractivity contribution is 5.95. The Morgan fingerprint density at radius 2 is 1.61 bits per heavy atom. The highest BCUT2D eigenvalue weighted by Gasteiger charge is 2.05. The van der Waals surface area contributed by atoms with Gasteiger partial charge in [0.25, 0.3) is 0 Å². The van der Waals surface area contributed by atoms with Gasteiger partial charge in [0.1, 0.15) is 0 Å². The second kappa shape index (κ2) is 4.22. The molecule has 18 heavy (non-hydrogen) atoms. The first kappa shape index (κ1) is 10.9. The third-order valence-electron chi connectivity index (χ3n) is 3.28. The van der Waals surface area contributed by atoms with Crippen LogP contribution < -0.4 is 4.90 Å². The molecule has 2 nitrogen and oxygen atoms in total. The summed E-state index contributed by atoms with van der Waals surface area (Å²) in [6.45, 7) is 0. The van der Waals surface area contributed by atoms with Crippen molar-refractivity contribution in [2.75, 3.05) is 19.0 Å². The minimum absolute atomic E-state index is 1.18. The van der Waals surface area contributed by atoms with E-state index < -0.39 is 0 Å². The third-order valence-corrected chi connectivity index (χ3v) is 3.28. The Labute approximate surface area is 107 Å². The number of aromatic nitrogens is 1. The van der Waals surface area contributed by atoms with Crippen LogP contribution in [0.15, 0.2) is 54.7 Å². The molecule has 0 bridgehead atoms. The maximum atomic E-state index is 3.31. The average molecular weight is 236 g/mol. The summed E-state index contributed by atoms with van der Waals surface area (Å²) < 4.78 is 0. The van der Waals surface area contributed by atoms with Crippen molar-refractivity contribution in [1.29, 1.82) is 0 Å². The lowest BCUT2D eigenvalue weighted by atomic mass is 10.0. The van der Waals surface area contributed by atoms with E-state index in [4.69, 9.17) is 0 Å². The van der Waals surface area contributed by atoms with Gasteiger partial charge in [-0.1, -0.05) is 30.3 Å². The monoisotopic (exact) mass is 236 g/mol. The van der Waals surface area contributed by atoms with Gasteiger partial charge >= 0.3 is 0 Å².